The first-order chi connectivity index (χ1) is 7.19. The second kappa shape index (κ2) is 5.66. The van der Waals surface area contributed by atoms with Gasteiger partial charge in [-0.3, -0.25) is 0 Å². The highest BCUT2D eigenvalue weighted by Gasteiger charge is 2.12. The Morgan fingerprint density at radius 3 is 2.80 bits per heavy atom. The predicted octanol–water partition coefficient (Wildman–Crippen LogP) is 2.68. The molecule has 0 spiro atoms. The van der Waals surface area contributed by atoms with Gasteiger partial charge in [-0.25, -0.2) is 4.79 Å². The highest BCUT2D eigenvalue weighted by Crippen LogP contribution is 2.27. The molecule has 0 aliphatic carbocycles. The summed E-state index contributed by atoms with van der Waals surface area (Å²) in [6.07, 6.45) is 0. The maximum atomic E-state index is 11.5. The van der Waals surface area contributed by atoms with Gasteiger partial charge in [0.2, 0.25) is 0 Å². The van der Waals surface area contributed by atoms with Gasteiger partial charge in [0.05, 0.1) is 12.2 Å². The monoisotopic (exact) mass is 226 g/mol. The molecule has 1 rings (SSSR count). The molecule has 1 aromatic carbocycles. The number of aromatic hydroxyl groups is 1. The summed E-state index contributed by atoms with van der Waals surface area (Å²) in [7, 11) is 0. The predicted molar refractivity (Wildman–Crippen MR) is 60.5 cm³/mol. The van der Waals surface area contributed by atoms with Crippen molar-refractivity contribution in [3.05, 3.63) is 23.8 Å². The van der Waals surface area contributed by atoms with Gasteiger partial charge >= 0.3 is 5.97 Å². The van der Waals surface area contributed by atoms with Crippen molar-refractivity contribution in [1.29, 1.82) is 0 Å². The molecule has 0 aliphatic heterocycles. The third-order valence-corrected chi connectivity index (χ3v) is 2.70. The number of carbonyl (C=O) groups excluding carboxylic acids is 1. The van der Waals surface area contributed by atoms with Gasteiger partial charge in [-0.1, -0.05) is 6.92 Å². The molecule has 0 unspecified atom stereocenters. The van der Waals surface area contributed by atoms with E-state index in [4.69, 9.17) is 4.74 Å². The van der Waals surface area contributed by atoms with Crippen LogP contribution in [-0.2, 0) is 4.74 Å². The average molecular weight is 226 g/mol. The molecule has 0 saturated carbocycles. The molecule has 4 heteroatoms. The van der Waals surface area contributed by atoms with Crippen molar-refractivity contribution < 1.29 is 14.6 Å². The molecule has 0 fully saturated rings. The van der Waals surface area contributed by atoms with Crippen LogP contribution in [0.25, 0.3) is 0 Å². The van der Waals surface area contributed by atoms with Crippen molar-refractivity contribution in [3.8, 4) is 5.75 Å². The number of hydrogen-bond donors (Lipinski definition) is 1. The molecule has 1 aromatic rings. The number of rotatable bonds is 4. The molecule has 0 amide bonds. The van der Waals surface area contributed by atoms with Crippen molar-refractivity contribution in [2.75, 3.05) is 12.4 Å². The van der Waals surface area contributed by atoms with E-state index in [0.717, 1.165) is 10.6 Å². The van der Waals surface area contributed by atoms with Crippen LogP contribution in [0, 0.1) is 0 Å². The molecule has 0 aromatic heterocycles. The van der Waals surface area contributed by atoms with Crippen molar-refractivity contribution in [2.24, 2.45) is 0 Å². The Kier molecular flexibility index (Phi) is 4.49. The number of esters is 1. The lowest BCUT2D eigenvalue weighted by atomic mass is 10.2. The number of ether oxygens (including phenoxy) is 1. The van der Waals surface area contributed by atoms with Crippen LogP contribution in [0.4, 0.5) is 0 Å². The van der Waals surface area contributed by atoms with Crippen LogP contribution in [0.15, 0.2) is 23.1 Å². The van der Waals surface area contributed by atoms with E-state index < -0.39 is 0 Å². The summed E-state index contributed by atoms with van der Waals surface area (Å²) in [5.41, 5.74) is 0.515. The Hall–Kier alpha value is -1.16. The van der Waals surface area contributed by atoms with Gasteiger partial charge in [0.25, 0.3) is 0 Å². The van der Waals surface area contributed by atoms with Crippen LogP contribution in [-0.4, -0.2) is 23.4 Å². The number of thioether (sulfide) groups is 1. The maximum Gasteiger partial charge on any atom is 0.339 e. The SMILES string of the molecule is CCOC(=O)c1ccc(O)cc1SCC. The minimum Gasteiger partial charge on any atom is -0.508 e. The van der Waals surface area contributed by atoms with Crippen LogP contribution in [0.5, 0.6) is 5.75 Å². The van der Waals surface area contributed by atoms with E-state index in [1.165, 1.54) is 17.8 Å². The molecule has 0 saturated heterocycles. The minimum absolute atomic E-state index is 0.166. The number of carbonyl (C=O) groups is 1. The van der Waals surface area contributed by atoms with Crippen LogP contribution < -0.4 is 0 Å². The molecule has 0 radical (unpaired) electrons. The second-order valence-electron chi connectivity index (χ2n) is 2.83. The van der Waals surface area contributed by atoms with Crippen molar-refractivity contribution in [2.45, 2.75) is 18.7 Å². The molecule has 82 valence electrons. The third kappa shape index (κ3) is 3.16. The van der Waals surface area contributed by atoms with Gasteiger partial charge in [-0.2, -0.15) is 0 Å². The second-order valence-corrected chi connectivity index (χ2v) is 4.14. The zero-order chi connectivity index (χ0) is 11.3. The molecule has 3 nitrogen and oxygen atoms in total. The first kappa shape index (κ1) is 11.9. The maximum absolute atomic E-state index is 11.5. The van der Waals surface area contributed by atoms with Gasteiger partial charge in [0.15, 0.2) is 0 Å². The molecule has 0 heterocycles. The Bertz CT molecular complexity index is 350. The first-order valence-corrected chi connectivity index (χ1v) is 5.80. The summed E-state index contributed by atoms with van der Waals surface area (Å²) in [6, 6.07) is 4.66. The molecular weight excluding hydrogens is 212 g/mol. The van der Waals surface area contributed by atoms with Crippen molar-refractivity contribution >= 4 is 17.7 Å². The van der Waals surface area contributed by atoms with E-state index in [2.05, 4.69) is 0 Å². The lowest BCUT2D eigenvalue weighted by Gasteiger charge is -2.07. The topological polar surface area (TPSA) is 46.5 Å². The van der Waals surface area contributed by atoms with E-state index in [-0.39, 0.29) is 11.7 Å². The van der Waals surface area contributed by atoms with Gasteiger partial charge < -0.3 is 9.84 Å². The highest BCUT2D eigenvalue weighted by molar-refractivity contribution is 7.99. The summed E-state index contributed by atoms with van der Waals surface area (Å²) in [5, 5.41) is 9.31. The molecule has 0 bridgehead atoms. The fraction of sp³-hybridized carbons (Fsp3) is 0.364. The van der Waals surface area contributed by atoms with Gasteiger partial charge in [-0.05, 0) is 30.9 Å². The molecule has 0 atom stereocenters. The Morgan fingerprint density at radius 1 is 1.47 bits per heavy atom. The number of phenolic OH excluding ortho intramolecular Hbond substituents is 1. The fourth-order valence-electron chi connectivity index (χ4n) is 1.16. The van der Waals surface area contributed by atoms with Crippen LogP contribution in [0.1, 0.15) is 24.2 Å². The summed E-state index contributed by atoms with van der Waals surface area (Å²) in [4.78, 5) is 12.3. The quantitative estimate of drug-likeness (QED) is 0.633. The summed E-state index contributed by atoms with van der Waals surface area (Å²) in [6.45, 7) is 4.12. The van der Waals surface area contributed by atoms with Gasteiger partial charge in [-0.15, -0.1) is 11.8 Å². The highest BCUT2D eigenvalue weighted by atomic mass is 32.2. The van der Waals surface area contributed by atoms with Gasteiger partial charge in [0, 0.05) is 4.90 Å². The van der Waals surface area contributed by atoms with Crippen LogP contribution in [0.2, 0.25) is 0 Å². The third-order valence-electron chi connectivity index (χ3n) is 1.76. The van der Waals surface area contributed by atoms with Crippen LogP contribution in [0.3, 0.4) is 0 Å². The number of hydrogen-bond acceptors (Lipinski definition) is 4. The lowest BCUT2D eigenvalue weighted by molar-refractivity contribution is 0.0522. The van der Waals surface area contributed by atoms with E-state index in [9.17, 15) is 9.90 Å². The average Bonchev–Trinajstić information content (AvgIpc) is 2.18. The number of benzene rings is 1. The largest absolute Gasteiger partial charge is 0.508 e. The van der Waals surface area contributed by atoms with E-state index >= 15 is 0 Å². The van der Waals surface area contributed by atoms with E-state index in [0.29, 0.717) is 12.2 Å². The van der Waals surface area contributed by atoms with Crippen molar-refractivity contribution in [1.82, 2.24) is 0 Å². The fourth-order valence-corrected chi connectivity index (χ4v) is 1.99. The zero-order valence-corrected chi connectivity index (χ0v) is 9.63. The standard InChI is InChI=1S/C11H14O3S/c1-3-14-11(13)9-6-5-8(12)7-10(9)15-4-2/h5-7,12H,3-4H2,1-2H3. The summed E-state index contributed by atoms with van der Waals surface area (Å²) < 4.78 is 4.92. The van der Waals surface area contributed by atoms with Crippen LogP contribution >= 0.6 is 11.8 Å². The first-order valence-electron chi connectivity index (χ1n) is 4.82. The van der Waals surface area contributed by atoms with E-state index in [1.807, 2.05) is 6.92 Å². The zero-order valence-electron chi connectivity index (χ0n) is 8.82. The normalized spacial score (nSPS) is 10.0. The summed E-state index contributed by atoms with van der Waals surface area (Å²) in [5.74, 6) is 0.669. The Balaban J connectivity index is 2.99. The number of phenols is 1. The molecule has 1 N–H and O–H groups in total. The molecular formula is C11H14O3S. The minimum atomic E-state index is -0.339. The Morgan fingerprint density at radius 2 is 2.20 bits per heavy atom. The van der Waals surface area contributed by atoms with Gasteiger partial charge in [0.1, 0.15) is 5.75 Å². The lowest BCUT2D eigenvalue weighted by Crippen LogP contribution is -2.05. The summed E-state index contributed by atoms with van der Waals surface area (Å²) >= 11 is 1.51. The Labute approximate surface area is 93.4 Å². The van der Waals surface area contributed by atoms with Crippen molar-refractivity contribution in [3.63, 3.8) is 0 Å². The molecule has 0 aliphatic rings. The smallest absolute Gasteiger partial charge is 0.339 e. The van der Waals surface area contributed by atoms with E-state index in [1.54, 1.807) is 19.1 Å². The molecule has 15 heavy (non-hydrogen) atoms.